The highest BCUT2D eigenvalue weighted by Crippen LogP contribution is 2.44. The molecule has 2 heterocycles. The maximum absolute atomic E-state index is 2.50. The highest BCUT2D eigenvalue weighted by molar-refractivity contribution is 5.95. The minimum Gasteiger partial charge on any atom is -0.198 e. The summed E-state index contributed by atoms with van der Waals surface area (Å²) in [6.45, 7) is 19.5. The van der Waals surface area contributed by atoms with E-state index in [0.717, 1.165) is 19.4 Å². The van der Waals surface area contributed by atoms with Crippen LogP contribution >= 0.6 is 0 Å². The van der Waals surface area contributed by atoms with Crippen molar-refractivity contribution in [1.29, 1.82) is 0 Å². The standard InChI is InChI=1S/C47H50N/c1-9-47(8)25-27-48-26-24-34-12-10-11-13-41(34)44(48)42-31-35(18-23-43(42)47)38-29-36(32-14-19-39(20-15-32)45(2,3)4)28-37(30-38)33-16-21-40(22-17-33)46(5,6)7/h10-24,26,28-31H,9,25,27H2,1-8H3/q+1. The molecule has 6 aromatic rings. The highest BCUT2D eigenvalue weighted by atomic mass is 15.0. The zero-order chi connectivity index (χ0) is 33.8. The van der Waals surface area contributed by atoms with Gasteiger partial charge in [0.15, 0.2) is 6.20 Å². The van der Waals surface area contributed by atoms with E-state index >= 15 is 0 Å². The lowest BCUT2D eigenvalue weighted by atomic mass is 9.74. The summed E-state index contributed by atoms with van der Waals surface area (Å²) in [6.07, 6.45) is 4.54. The molecule has 0 N–H and O–H groups in total. The van der Waals surface area contributed by atoms with E-state index in [1.54, 1.807) is 0 Å². The Kier molecular flexibility index (Phi) is 7.94. The van der Waals surface area contributed by atoms with E-state index < -0.39 is 0 Å². The van der Waals surface area contributed by atoms with Crippen molar-refractivity contribution in [3.63, 3.8) is 0 Å². The van der Waals surface area contributed by atoms with Crippen LogP contribution < -0.4 is 4.57 Å². The van der Waals surface area contributed by atoms with Crippen molar-refractivity contribution < 1.29 is 4.57 Å². The third-order valence-electron chi connectivity index (χ3n) is 11.0. The predicted molar refractivity (Wildman–Crippen MR) is 206 cm³/mol. The molecule has 1 heteroatoms. The van der Waals surface area contributed by atoms with Crippen molar-refractivity contribution in [2.45, 2.75) is 91.0 Å². The van der Waals surface area contributed by atoms with E-state index in [1.807, 2.05) is 0 Å². The predicted octanol–water partition coefficient (Wildman–Crippen LogP) is 12.5. The highest BCUT2D eigenvalue weighted by Gasteiger charge is 2.36. The van der Waals surface area contributed by atoms with E-state index in [-0.39, 0.29) is 16.2 Å². The number of benzene rings is 5. The van der Waals surface area contributed by atoms with Crippen molar-refractivity contribution in [2.24, 2.45) is 0 Å². The van der Waals surface area contributed by atoms with Crippen molar-refractivity contribution in [1.82, 2.24) is 0 Å². The number of hydrogen-bond donors (Lipinski definition) is 0. The number of pyridine rings is 1. The van der Waals surface area contributed by atoms with Gasteiger partial charge in [0.1, 0.15) is 6.54 Å². The van der Waals surface area contributed by atoms with Gasteiger partial charge in [0.05, 0.1) is 10.9 Å². The Balaban J connectivity index is 1.44. The van der Waals surface area contributed by atoms with Gasteiger partial charge >= 0.3 is 0 Å². The summed E-state index contributed by atoms with van der Waals surface area (Å²) in [4.78, 5) is 0. The zero-order valence-electron chi connectivity index (χ0n) is 30.1. The Hall–Kier alpha value is -4.49. The zero-order valence-corrected chi connectivity index (χ0v) is 30.1. The largest absolute Gasteiger partial charge is 0.220 e. The van der Waals surface area contributed by atoms with Crippen molar-refractivity contribution >= 4 is 10.8 Å². The minimum absolute atomic E-state index is 0.109. The molecule has 5 aromatic carbocycles. The molecule has 0 amide bonds. The Morgan fingerprint density at radius 1 is 0.583 bits per heavy atom. The lowest BCUT2D eigenvalue weighted by Gasteiger charge is -2.27. The number of hydrogen-bond acceptors (Lipinski definition) is 0. The quantitative estimate of drug-likeness (QED) is 0.171. The number of fused-ring (bicyclic) bond motifs is 5. The maximum Gasteiger partial charge on any atom is 0.220 e. The Labute approximate surface area is 288 Å². The van der Waals surface area contributed by atoms with E-state index in [2.05, 4.69) is 181 Å². The second kappa shape index (κ2) is 11.9. The molecule has 0 saturated carbocycles. The summed E-state index contributed by atoms with van der Waals surface area (Å²) in [6, 6.07) is 44.0. The second-order valence-corrected chi connectivity index (χ2v) is 16.3. The van der Waals surface area contributed by atoms with E-state index in [1.165, 1.54) is 72.1 Å². The summed E-state index contributed by atoms with van der Waals surface area (Å²) in [5.41, 5.74) is 14.7. The molecule has 1 aromatic heterocycles. The molecule has 0 spiro atoms. The number of aryl methyl sites for hydroxylation is 1. The van der Waals surface area contributed by atoms with Gasteiger partial charge in [0, 0.05) is 12.5 Å². The lowest BCUT2D eigenvalue weighted by Crippen LogP contribution is -2.36. The summed E-state index contributed by atoms with van der Waals surface area (Å²) >= 11 is 0. The molecule has 0 aliphatic carbocycles. The summed E-state index contributed by atoms with van der Waals surface area (Å²) in [5.74, 6) is 0. The first-order valence-electron chi connectivity index (χ1n) is 17.8. The lowest BCUT2D eigenvalue weighted by molar-refractivity contribution is -0.685. The second-order valence-electron chi connectivity index (χ2n) is 16.3. The average molecular weight is 629 g/mol. The number of nitrogens with zero attached hydrogens (tertiary/aromatic N) is 1. The van der Waals surface area contributed by atoms with Gasteiger partial charge in [-0.2, -0.15) is 4.57 Å². The molecule has 1 aliphatic heterocycles. The number of aromatic nitrogens is 1. The summed E-state index contributed by atoms with van der Waals surface area (Å²) in [5, 5.41) is 2.62. The van der Waals surface area contributed by atoms with Crippen LogP contribution in [0.25, 0.3) is 55.4 Å². The van der Waals surface area contributed by atoms with E-state index in [4.69, 9.17) is 0 Å². The third kappa shape index (κ3) is 5.89. The van der Waals surface area contributed by atoms with E-state index in [9.17, 15) is 0 Å². The van der Waals surface area contributed by atoms with Gasteiger partial charge in [-0.15, -0.1) is 0 Å². The van der Waals surface area contributed by atoms with Crippen LogP contribution in [0.3, 0.4) is 0 Å². The molecule has 242 valence electrons. The third-order valence-corrected chi connectivity index (χ3v) is 11.0. The van der Waals surface area contributed by atoms with Crippen LogP contribution in [0.4, 0.5) is 0 Å². The maximum atomic E-state index is 2.50. The van der Waals surface area contributed by atoms with Gasteiger partial charge in [0.2, 0.25) is 5.69 Å². The molecule has 7 rings (SSSR count). The Morgan fingerprint density at radius 3 is 1.65 bits per heavy atom. The molecule has 1 nitrogen and oxygen atoms in total. The molecule has 0 saturated heterocycles. The molecule has 1 unspecified atom stereocenters. The summed E-state index contributed by atoms with van der Waals surface area (Å²) < 4.78 is 2.50. The van der Waals surface area contributed by atoms with Gasteiger partial charge < -0.3 is 0 Å². The molecule has 0 radical (unpaired) electrons. The van der Waals surface area contributed by atoms with Crippen LogP contribution in [0.15, 0.2) is 121 Å². The average Bonchev–Trinajstić information content (AvgIpc) is 3.21. The van der Waals surface area contributed by atoms with Crippen LogP contribution in [0, 0.1) is 0 Å². The Bertz CT molecular complexity index is 2040. The first-order valence-corrected chi connectivity index (χ1v) is 17.8. The minimum atomic E-state index is 0.109. The van der Waals surface area contributed by atoms with Crippen LogP contribution in [-0.2, 0) is 22.8 Å². The summed E-state index contributed by atoms with van der Waals surface area (Å²) in [7, 11) is 0. The van der Waals surface area contributed by atoms with E-state index in [0.29, 0.717) is 0 Å². The molecule has 48 heavy (non-hydrogen) atoms. The van der Waals surface area contributed by atoms with Crippen LogP contribution in [0.1, 0.15) is 84.9 Å². The van der Waals surface area contributed by atoms with Crippen LogP contribution in [0.2, 0.25) is 0 Å². The Morgan fingerprint density at radius 2 is 1.10 bits per heavy atom. The fraction of sp³-hybridized carbons (Fsp3) is 0.298. The molecule has 0 bridgehead atoms. The normalized spacial score (nSPS) is 16.3. The molecule has 1 atom stereocenters. The monoisotopic (exact) mass is 628 g/mol. The van der Waals surface area contributed by atoms with Gasteiger partial charge in [-0.1, -0.05) is 134 Å². The topological polar surface area (TPSA) is 3.88 Å². The fourth-order valence-corrected chi connectivity index (χ4v) is 7.51. The van der Waals surface area contributed by atoms with Crippen molar-refractivity contribution in [2.75, 3.05) is 0 Å². The van der Waals surface area contributed by atoms with Gasteiger partial charge in [-0.05, 0) is 108 Å². The smallest absolute Gasteiger partial charge is 0.198 e. The number of rotatable bonds is 4. The van der Waals surface area contributed by atoms with Gasteiger partial charge in [0.25, 0.3) is 0 Å². The van der Waals surface area contributed by atoms with Crippen molar-refractivity contribution in [3.8, 4) is 44.6 Å². The molecule has 0 fully saturated rings. The van der Waals surface area contributed by atoms with Gasteiger partial charge in [-0.3, -0.25) is 0 Å². The van der Waals surface area contributed by atoms with Crippen molar-refractivity contribution in [3.05, 3.63) is 138 Å². The first kappa shape index (κ1) is 32.1. The molecule has 1 aliphatic rings. The molecular weight excluding hydrogens is 579 g/mol. The van der Waals surface area contributed by atoms with Gasteiger partial charge in [-0.25, -0.2) is 0 Å². The van der Waals surface area contributed by atoms with Crippen LogP contribution in [0.5, 0.6) is 0 Å². The molecular formula is C47H50N+. The first-order chi connectivity index (χ1) is 22.8. The van der Waals surface area contributed by atoms with Crippen LogP contribution in [-0.4, -0.2) is 0 Å². The SMILES string of the molecule is CCC1(C)CC[n+]2ccc3ccccc3c2-c2cc(-c3cc(-c4ccc(C(C)(C)C)cc4)cc(-c4ccc(C(C)(C)C)cc4)c3)ccc21. The fourth-order valence-electron chi connectivity index (χ4n) is 7.51.